The molecular weight excluding hydrogens is 572 g/mol. The summed E-state index contributed by atoms with van der Waals surface area (Å²) in [6.45, 7) is 30.7. The van der Waals surface area contributed by atoms with Gasteiger partial charge in [0.15, 0.2) is 0 Å². The van der Waals surface area contributed by atoms with Crippen molar-refractivity contribution in [1.29, 1.82) is 0 Å². The number of amides is 1. The number of allylic oxidation sites excluding steroid dienone is 4. The molecule has 0 fully saturated rings. The van der Waals surface area contributed by atoms with Crippen LogP contribution in [0.15, 0.2) is 77.5 Å². The normalized spacial score (nSPS) is 19.1. The molecule has 1 N–H and O–H groups in total. The molecule has 0 aromatic carbocycles. The fourth-order valence-electron chi connectivity index (χ4n) is 4.79. The van der Waals surface area contributed by atoms with E-state index in [0.29, 0.717) is 34.9 Å². The summed E-state index contributed by atoms with van der Waals surface area (Å²) >= 11 is 8.10. The molecule has 2 unspecified atom stereocenters. The molecule has 5 nitrogen and oxygen atoms in total. The highest BCUT2D eigenvalue weighted by atomic mass is 35.5. The molecule has 0 bridgehead atoms. The summed E-state index contributed by atoms with van der Waals surface area (Å²) < 4.78 is 0.725. The smallest absolute Gasteiger partial charge is 0.266 e. The molecule has 2 atom stereocenters. The molecule has 7 heteroatoms. The fraction of sp³-hybridized carbons (Fsp3) is 0.444. The minimum absolute atomic E-state index is 0.157. The van der Waals surface area contributed by atoms with E-state index in [4.69, 9.17) is 11.6 Å². The molecule has 1 aliphatic rings. The van der Waals surface area contributed by atoms with E-state index in [1.807, 2.05) is 29.2 Å². The Bertz CT molecular complexity index is 1360. The molecule has 0 aliphatic heterocycles. The first-order valence-corrected chi connectivity index (χ1v) is 16.4. The van der Waals surface area contributed by atoms with Crippen LogP contribution in [0.1, 0.15) is 63.6 Å². The highest BCUT2D eigenvalue weighted by Gasteiger charge is 2.36. The van der Waals surface area contributed by atoms with Crippen LogP contribution in [0.3, 0.4) is 0 Å². The van der Waals surface area contributed by atoms with Crippen molar-refractivity contribution in [1.82, 2.24) is 15.1 Å². The van der Waals surface area contributed by atoms with Gasteiger partial charge < -0.3 is 10.2 Å². The van der Waals surface area contributed by atoms with Gasteiger partial charge in [-0.05, 0) is 56.1 Å². The molecule has 0 saturated carbocycles. The van der Waals surface area contributed by atoms with Gasteiger partial charge in [0.25, 0.3) is 5.91 Å². The number of aliphatic imine (C=N–C) groups is 1. The fourth-order valence-corrected chi connectivity index (χ4v) is 5.89. The van der Waals surface area contributed by atoms with E-state index in [0.717, 1.165) is 48.2 Å². The van der Waals surface area contributed by atoms with E-state index in [1.165, 1.54) is 11.3 Å². The topological polar surface area (TPSA) is 47.9 Å². The Morgan fingerprint density at radius 1 is 1.21 bits per heavy atom. The van der Waals surface area contributed by atoms with Crippen molar-refractivity contribution < 1.29 is 4.79 Å². The highest BCUT2D eigenvalue weighted by molar-refractivity contribution is 7.12. The van der Waals surface area contributed by atoms with Gasteiger partial charge in [0.2, 0.25) is 0 Å². The number of nitrogens with one attached hydrogen (secondary N) is 1. The van der Waals surface area contributed by atoms with Crippen molar-refractivity contribution in [3.63, 3.8) is 0 Å². The lowest BCUT2D eigenvalue weighted by atomic mass is 9.91. The molecule has 43 heavy (non-hydrogen) atoms. The maximum atomic E-state index is 14.4. The van der Waals surface area contributed by atoms with Gasteiger partial charge in [-0.3, -0.25) is 14.7 Å². The standard InChI is InChI=1S/C36H51ClN4OS/c1-10-11-22-39-23-29(5)30(6)25-41(36(8)21-17-13-12-14-20-32(36)38-9)26-40(24-27(2)3)35(42)34-33(37)28(4)18-15-16-19-31(7)43-34/h12-13,15-21,27,29,39H,4,6-7,9-11,14,22-26H2,1-3,5,8H3/b13-12-,18-15?,19-16?,21-17?,32-20+,34-33?. The van der Waals surface area contributed by atoms with Gasteiger partial charge in [-0.25, -0.2) is 0 Å². The molecule has 234 valence electrons. The Kier molecular flexibility index (Phi) is 15.4. The van der Waals surface area contributed by atoms with Gasteiger partial charge in [-0.1, -0.05) is 120 Å². The molecule has 1 aromatic heterocycles. The molecule has 2 rings (SSSR count). The highest BCUT2D eigenvalue weighted by Crippen LogP contribution is 2.31. The first kappa shape index (κ1) is 36.4. The monoisotopic (exact) mass is 622 g/mol. The number of carbonyl (C=O) groups excluding carboxylic acids is 1. The van der Waals surface area contributed by atoms with Gasteiger partial charge in [0.1, 0.15) is 4.88 Å². The number of halogens is 1. The molecule has 1 aliphatic carbocycles. The van der Waals surface area contributed by atoms with Crippen LogP contribution >= 0.6 is 22.9 Å². The van der Waals surface area contributed by atoms with E-state index in [-0.39, 0.29) is 17.7 Å². The second kappa shape index (κ2) is 18.1. The maximum absolute atomic E-state index is 14.4. The lowest BCUT2D eigenvalue weighted by Crippen LogP contribution is -2.54. The van der Waals surface area contributed by atoms with Gasteiger partial charge in [0.05, 0.1) is 22.9 Å². The first-order chi connectivity index (χ1) is 20.4. The molecule has 1 amide bonds. The summed E-state index contributed by atoms with van der Waals surface area (Å²) in [6, 6.07) is 7.41. The third-order valence-electron chi connectivity index (χ3n) is 7.52. The minimum atomic E-state index is -0.636. The van der Waals surface area contributed by atoms with Gasteiger partial charge >= 0.3 is 0 Å². The van der Waals surface area contributed by atoms with E-state index < -0.39 is 5.54 Å². The second-order valence-electron chi connectivity index (χ2n) is 11.8. The molecule has 0 radical (unpaired) electrons. The number of hydrogen-bond donors (Lipinski definition) is 1. The minimum Gasteiger partial charge on any atom is -0.325 e. The van der Waals surface area contributed by atoms with Crippen LogP contribution < -0.4 is 15.1 Å². The molecule has 1 heterocycles. The quantitative estimate of drug-likeness (QED) is 0.0978. The van der Waals surface area contributed by atoms with Crippen molar-refractivity contribution in [2.45, 2.75) is 59.4 Å². The summed E-state index contributed by atoms with van der Waals surface area (Å²) in [5.41, 5.74) is 1.29. The SMILES string of the molecule is C=N/C1=C/C/C=C\C=CC1(C)N(CC(=C)C(C)CNCCCC)CN(CC(C)C)C(=O)c1sc(=C)ccccc(=C)c1Cl. The molecule has 0 spiro atoms. The number of carbonyl (C=O) groups is 1. The Morgan fingerprint density at radius 3 is 2.60 bits per heavy atom. The maximum Gasteiger partial charge on any atom is 0.266 e. The summed E-state index contributed by atoms with van der Waals surface area (Å²) in [4.78, 5) is 23.5. The Balaban J connectivity index is 2.63. The Hall–Kier alpha value is -2.77. The third-order valence-corrected chi connectivity index (χ3v) is 9.05. The van der Waals surface area contributed by atoms with Crippen LogP contribution in [0, 0.1) is 11.8 Å². The van der Waals surface area contributed by atoms with Crippen molar-refractivity contribution >= 4 is 48.7 Å². The number of hydrogen-bond acceptors (Lipinski definition) is 5. The number of nitrogens with zero attached hydrogens (tertiary/aromatic N) is 3. The van der Waals surface area contributed by atoms with E-state index >= 15 is 0 Å². The Labute approximate surface area is 269 Å². The van der Waals surface area contributed by atoms with Crippen LogP contribution in [0.4, 0.5) is 0 Å². The van der Waals surface area contributed by atoms with E-state index in [1.54, 1.807) is 0 Å². The predicted octanol–water partition coefficient (Wildman–Crippen LogP) is 7.15. The average molecular weight is 623 g/mol. The zero-order valence-corrected chi connectivity index (χ0v) is 28.4. The van der Waals surface area contributed by atoms with Gasteiger partial charge in [0, 0.05) is 24.2 Å². The van der Waals surface area contributed by atoms with Crippen molar-refractivity contribution in [2.75, 3.05) is 32.8 Å². The summed E-state index contributed by atoms with van der Waals surface area (Å²) in [6.07, 6.45) is 13.5. The van der Waals surface area contributed by atoms with Crippen molar-refractivity contribution in [3.8, 4) is 0 Å². The van der Waals surface area contributed by atoms with Crippen molar-refractivity contribution in [3.05, 3.63) is 92.1 Å². The van der Waals surface area contributed by atoms with Gasteiger partial charge in [-0.15, -0.1) is 11.3 Å². The van der Waals surface area contributed by atoms with Crippen LogP contribution in [-0.4, -0.2) is 60.8 Å². The van der Waals surface area contributed by atoms with Crippen molar-refractivity contribution in [2.24, 2.45) is 16.8 Å². The lowest BCUT2D eigenvalue weighted by molar-refractivity contribution is 0.0494. The second-order valence-corrected chi connectivity index (χ2v) is 13.3. The summed E-state index contributed by atoms with van der Waals surface area (Å²) in [5, 5.41) is 4.49. The van der Waals surface area contributed by atoms with Gasteiger partial charge in [-0.2, -0.15) is 0 Å². The molecule has 0 saturated heterocycles. The zero-order valence-electron chi connectivity index (χ0n) is 26.9. The first-order valence-electron chi connectivity index (χ1n) is 15.2. The van der Waals surface area contributed by atoms with Crippen LogP contribution in [-0.2, 0) is 0 Å². The summed E-state index contributed by atoms with van der Waals surface area (Å²) in [5.74, 6) is 0.305. The predicted molar refractivity (Wildman–Crippen MR) is 190 cm³/mol. The molecular formula is C36H51ClN4OS. The van der Waals surface area contributed by atoms with Crippen LogP contribution in [0.5, 0.6) is 0 Å². The number of rotatable bonds is 15. The average Bonchev–Trinajstić information content (AvgIpc) is 3.01. The van der Waals surface area contributed by atoms with E-state index in [9.17, 15) is 4.79 Å². The molecule has 1 aromatic rings. The lowest BCUT2D eigenvalue weighted by Gasteiger charge is -2.43. The summed E-state index contributed by atoms with van der Waals surface area (Å²) in [7, 11) is 0. The van der Waals surface area contributed by atoms with Crippen LogP contribution in [0.2, 0.25) is 5.02 Å². The van der Waals surface area contributed by atoms with E-state index in [2.05, 4.69) is 107 Å². The largest absolute Gasteiger partial charge is 0.325 e. The Morgan fingerprint density at radius 2 is 1.93 bits per heavy atom. The third kappa shape index (κ3) is 11.0. The van der Waals surface area contributed by atoms with Crippen LogP contribution in [0.25, 0.3) is 13.2 Å². The number of unbranched alkanes of at least 4 members (excludes halogenated alkanes) is 1. The zero-order chi connectivity index (χ0) is 32.0.